The Morgan fingerprint density at radius 3 is 2.85 bits per heavy atom. The van der Waals surface area contributed by atoms with Crippen molar-refractivity contribution in [3.63, 3.8) is 0 Å². The molecule has 1 saturated heterocycles. The molecule has 20 heavy (non-hydrogen) atoms. The summed E-state index contributed by atoms with van der Waals surface area (Å²) in [7, 11) is 0. The highest BCUT2D eigenvalue weighted by Gasteiger charge is 2.26. The summed E-state index contributed by atoms with van der Waals surface area (Å²) in [5.74, 6) is 0.0922. The number of hydrogen-bond donors (Lipinski definition) is 3. The smallest absolute Gasteiger partial charge is 0.237 e. The van der Waals surface area contributed by atoms with Gasteiger partial charge in [-0.15, -0.1) is 0 Å². The molecular weight excluding hydrogens is 254 g/mol. The number of benzene rings is 1. The molecule has 1 aromatic carbocycles. The van der Waals surface area contributed by atoms with Gasteiger partial charge in [0.1, 0.15) is 0 Å². The highest BCUT2D eigenvalue weighted by atomic mass is 16.2. The number of nitrogens with one attached hydrogen (secondary N) is 3. The number of rotatable bonds is 3. The maximum absolute atomic E-state index is 12.2. The minimum atomic E-state index is -0.179. The van der Waals surface area contributed by atoms with Crippen molar-refractivity contribution in [1.29, 1.82) is 0 Å². The van der Waals surface area contributed by atoms with Crippen molar-refractivity contribution in [3.05, 3.63) is 35.4 Å². The van der Waals surface area contributed by atoms with E-state index in [2.05, 4.69) is 28.1 Å². The SMILES string of the molecule is O=C1CCC(CNC(=O)C2Cc3ccccc3CN2)N1. The lowest BCUT2D eigenvalue weighted by Crippen LogP contribution is -2.50. The second kappa shape index (κ2) is 5.63. The molecule has 2 aliphatic rings. The van der Waals surface area contributed by atoms with Gasteiger partial charge in [0, 0.05) is 25.6 Å². The minimum absolute atomic E-state index is 0.0145. The largest absolute Gasteiger partial charge is 0.353 e. The fraction of sp³-hybridized carbons (Fsp3) is 0.467. The quantitative estimate of drug-likeness (QED) is 0.731. The van der Waals surface area contributed by atoms with Crippen molar-refractivity contribution in [2.24, 2.45) is 0 Å². The Hall–Kier alpha value is -1.88. The van der Waals surface area contributed by atoms with E-state index in [1.165, 1.54) is 11.1 Å². The Kier molecular flexibility index (Phi) is 3.69. The average Bonchev–Trinajstić information content (AvgIpc) is 2.90. The highest BCUT2D eigenvalue weighted by Crippen LogP contribution is 2.16. The molecule has 0 saturated carbocycles. The molecule has 2 unspecified atom stereocenters. The summed E-state index contributed by atoms with van der Waals surface area (Å²) in [5, 5.41) is 9.04. The number of hydrogen-bond acceptors (Lipinski definition) is 3. The van der Waals surface area contributed by atoms with Crippen LogP contribution in [0.2, 0.25) is 0 Å². The molecule has 5 nitrogen and oxygen atoms in total. The van der Waals surface area contributed by atoms with Crippen LogP contribution in [-0.2, 0) is 22.6 Å². The van der Waals surface area contributed by atoms with Gasteiger partial charge in [0.2, 0.25) is 11.8 Å². The fourth-order valence-corrected chi connectivity index (χ4v) is 2.82. The summed E-state index contributed by atoms with van der Waals surface area (Å²) in [5.41, 5.74) is 2.50. The van der Waals surface area contributed by atoms with Crippen LogP contribution in [0.4, 0.5) is 0 Å². The maximum atomic E-state index is 12.2. The second-order valence-electron chi connectivity index (χ2n) is 5.45. The van der Waals surface area contributed by atoms with Gasteiger partial charge in [-0.25, -0.2) is 0 Å². The zero-order valence-electron chi connectivity index (χ0n) is 11.3. The summed E-state index contributed by atoms with van der Waals surface area (Å²) in [6.45, 7) is 1.25. The van der Waals surface area contributed by atoms with E-state index in [0.29, 0.717) is 13.0 Å². The molecule has 0 spiro atoms. The van der Waals surface area contributed by atoms with Crippen LogP contribution >= 0.6 is 0 Å². The first kappa shape index (κ1) is 13.1. The Morgan fingerprint density at radius 2 is 2.10 bits per heavy atom. The van der Waals surface area contributed by atoms with Gasteiger partial charge in [0.05, 0.1) is 6.04 Å². The first-order valence-corrected chi connectivity index (χ1v) is 7.09. The van der Waals surface area contributed by atoms with Crippen LogP contribution in [0.25, 0.3) is 0 Å². The van der Waals surface area contributed by atoms with Crippen molar-refractivity contribution in [3.8, 4) is 0 Å². The van der Waals surface area contributed by atoms with Gasteiger partial charge in [0.15, 0.2) is 0 Å². The van der Waals surface area contributed by atoms with E-state index in [4.69, 9.17) is 0 Å². The zero-order valence-corrected chi connectivity index (χ0v) is 11.3. The molecule has 2 heterocycles. The average molecular weight is 273 g/mol. The van der Waals surface area contributed by atoms with E-state index in [9.17, 15) is 9.59 Å². The highest BCUT2D eigenvalue weighted by molar-refractivity contribution is 5.83. The monoisotopic (exact) mass is 273 g/mol. The molecule has 2 aliphatic heterocycles. The third kappa shape index (κ3) is 2.82. The Labute approximate surface area is 118 Å². The minimum Gasteiger partial charge on any atom is -0.353 e. The molecule has 106 valence electrons. The van der Waals surface area contributed by atoms with Crippen LogP contribution in [0.3, 0.4) is 0 Å². The van der Waals surface area contributed by atoms with Gasteiger partial charge in [0.25, 0.3) is 0 Å². The lowest BCUT2D eigenvalue weighted by Gasteiger charge is -2.25. The van der Waals surface area contributed by atoms with E-state index < -0.39 is 0 Å². The fourth-order valence-electron chi connectivity index (χ4n) is 2.82. The standard InChI is InChI=1S/C15H19N3O2/c19-14-6-5-12(18-14)9-17-15(20)13-7-10-3-1-2-4-11(10)8-16-13/h1-4,12-13,16H,5-9H2,(H,17,20)(H,18,19). The van der Waals surface area contributed by atoms with Gasteiger partial charge in [-0.3, -0.25) is 9.59 Å². The Bertz CT molecular complexity index is 530. The Balaban J connectivity index is 1.52. The van der Waals surface area contributed by atoms with Crippen molar-refractivity contribution < 1.29 is 9.59 Å². The predicted molar refractivity (Wildman–Crippen MR) is 74.9 cm³/mol. The summed E-state index contributed by atoms with van der Waals surface area (Å²) >= 11 is 0. The third-order valence-corrected chi connectivity index (χ3v) is 4.01. The summed E-state index contributed by atoms with van der Waals surface area (Å²) in [6.07, 6.45) is 2.09. The molecule has 0 aromatic heterocycles. The van der Waals surface area contributed by atoms with Crippen molar-refractivity contribution >= 4 is 11.8 Å². The van der Waals surface area contributed by atoms with E-state index in [-0.39, 0.29) is 23.9 Å². The van der Waals surface area contributed by atoms with Crippen LogP contribution in [0.5, 0.6) is 0 Å². The number of amides is 2. The zero-order chi connectivity index (χ0) is 13.9. The molecule has 1 aromatic rings. The molecule has 0 aliphatic carbocycles. The van der Waals surface area contributed by atoms with Crippen LogP contribution < -0.4 is 16.0 Å². The topological polar surface area (TPSA) is 70.2 Å². The molecule has 0 radical (unpaired) electrons. The molecular formula is C15H19N3O2. The molecule has 3 rings (SSSR count). The van der Waals surface area contributed by atoms with E-state index in [1.807, 2.05) is 12.1 Å². The van der Waals surface area contributed by atoms with Crippen molar-refractivity contribution in [1.82, 2.24) is 16.0 Å². The van der Waals surface area contributed by atoms with Crippen LogP contribution in [0.1, 0.15) is 24.0 Å². The van der Waals surface area contributed by atoms with Crippen LogP contribution in [0.15, 0.2) is 24.3 Å². The molecule has 2 amide bonds. The van der Waals surface area contributed by atoms with E-state index in [1.54, 1.807) is 0 Å². The predicted octanol–water partition coefficient (Wildman–Crippen LogP) is 0.0957. The normalized spacial score (nSPS) is 24.9. The van der Waals surface area contributed by atoms with Gasteiger partial charge in [-0.2, -0.15) is 0 Å². The molecule has 5 heteroatoms. The van der Waals surface area contributed by atoms with Gasteiger partial charge in [-0.1, -0.05) is 24.3 Å². The number of carbonyl (C=O) groups excluding carboxylic acids is 2. The second-order valence-corrected chi connectivity index (χ2v) is 5.45. The van der Waals surface area contributed by atoms with Crippen LogP contribution in [-0.4, -0.2) is 30.4 Å². The van der Waals surface area contributed by atoms with Crippen molar-refractivity contribution in [2.45, 2.75) is 37.9 Å². The summed E-state index contributed by atoms with van der Waals surface area (Å²) in [6, 6.07) is 8.10. The summed E-state index contributed by atoms with van der Waals surface area (Å²) in [4.78, 5) is 23.3. The van der Waals surface area contributed by atoms with Crippen LogP contribution in [0, 0.1) is 0 Å². The molecule has 3 N–H and O–H groups in total. The van der Waals surface area contributed by atoms with Gasteiger partial charge < -0.3 is 16.0 Å². The lowest BCUT2D eigenvalue weighted by atomic mass is 9.95. The summed E-state index contributed by atoms with van der Waals surface area (Å²) < 4.78 is 0. The van der Waals surface area contributed by atoms with E-state index in [0.717, 1.165) is 19.4 Å². The van der Waals surface area contributed by atoms with E-state index >= 15 is 0 Å². The Morgan fingerprint density at radius 1 is 1.30 bits per heavy atom. The third-order valence-electron chi connectivity index (χ3n) is 4.01. The molecule has 2 atom stereocenters. The maximum Gasteiger partial charge on any atom is 0.237 e. The lowest BCUT2D eigenvalue weighted by molar-refractivity contribution is -0.124. The van der Waals surface area contributed by atoms with Gasteiger partial charge in [-0.05, 0) is 24.0 Å². The number of carbonyl (C=O) groups is 2. The molecule has 1 fully saturated rings. The van der Waals surface area contributed by atoms with Crippen molar-refractivity contribution in [2.75, 3.05) is 6.54 Å². The first-order valence-electron chi connectivity index (χ1n) is 7.09. The first-order chi connectivity index (χ1) is 9.72. The number of fused-ring (bicyclic) bond motifs is 1. The molecule has 0 bridgehead atoms. The van der Waals surface area contributed by atoms with Gasteiger partial charge >= 0.3 is 0 Å².